The number of hydrogen-bond donors (Lipinski definition) is 1. The Labute approximate surface area is 200 Å². The van der Waals surface area contributed by atoms with E-state index in [4.69, 9.17) is 19.8 Å². The third kappa shape index (κ3) is 63.0. The van der Waals surface area contributed by atoms with Crippen molar-refractivity contribution >= 4 is 11.9 Å². The van der Waals surface area contributed by atoms with E-state index in [2.05, 4.69) is 19.2 Å². The van der Waals surface area contributed by atoms with Gasteiger partial charge in [-0.1, -0.05) is 104 Å². The molecule has 0 radical (unpaired) electrons. The Bertz CT molecular complexity index is 290. The van der Waals surface area contributed by atoms with Gasteiger partial charge in [0.15, 0.2) is 0 Å². The van der Waals surface area contributed by atoms with Gasteiger partial charge in [0.2, 0.25) is 0 Å². The smallest absolute Gasteiger partial charge is 0.550 e. The van der Waals surface area contributed by atoms with Crippen molar-refractivity contribution in [1.29, 1.82) is 0 Å². The maximum absolute atomic E-state index is 8.89. The molecule has 0 aromatic heterocycles. The summed E-state index contributed by atoms with van der Waals surface area (Å²) >= 11 is 0. The van der Waals surface area contributed by atoms with E-state index in [0.717, 1.165) is 13.8 Å². The first kappa shape index (κ1) is 36.9. The van der Waals surface area contributed by atoms with Gasteiger partial charge in [-0.05, 0) is 39.8 Å². The molecule has 0 spiro atoms. The van der Waals surface area contributed by atoms with E-state index in [-0.39, 0.29) is 20.4 Å². The minimum atomic E-state index is -1.08. The van der Waals surface area contributed by atoms with Crippen LogP contribution in [0, 0.1) is 0 Å². The van der Waals surface area contributed by atoms with Crippen molar-refractivity contribution < 1.29 is 40.2 Å². The summed E-state index contributed by atoms with van der Waals surface area (Å²) < 4.78 is 0. The fourth-order valence-corrected chi connectivity index (χ4v) is 2.89. The summed E-state index contributed by atoms with van der Waals surface area (Å²) in [4.78, 5) is 17.8. The Kier molecular flexibility index (Phi) is 44.2. The van der Waals surface area contributed by atoms with Gasteiger partial charge in [-0.25, -0.2) is 0 Å². The number of unbranched alkanes of at least 4 members (excludes halogenated alkanes) is 14. The van der Waals surface area contributed by atoms with Gasteiger partial charge < -0.3 is 25.1 Å². The molecular weight excluding hydrogens is 473 g/mol. The first-order valence-corrected chi connectivity index (χ1v) is 11.9. The Hall–Kier alpha value is -0.438. The molecule has 0 rings (SSSR count). The van der Waals surface area contributed by atoms with Crippen LogP contribution in [0.3, 0.4) is 0 Å². The van der Waals surface area contributed by atoms with Crippen LogP contribution in [0.25, 0.3) is 0 Å². The summed E-state index contributed by atoms with van der Waals surface area (Å²) in [5.74, 6) is -2.17. The summed E-state index contributed by atoms with van der Waals surface area (Å²) in [6.45, 7) is 9.01. The molecule has 30 heavy (non-hydrogen) atoms. The quantitative estimate of drug-likeness (QED) is 0.213. The van der Waals surface area contributed by atoms with E-state index in [1.54, 1.807) is 0 Å². The van der Waals surface area contributed by atoms with Crippen molar-refractivity contribution in [3.63, 3.8) is 0 Å². The molecule has 1 N–H and O–H groups in total. The molecule has 0 heterocycles. The van der Waals surface area contributed by atoms with Crippen molar-refractivity contribution in [3.05, 3.63) is 0 Å². The average molecular weight is 522 g/mol. The van der Waals surface area contributed by atoms with E-state index in [0.29, 0.717) is 0 Å². The molecule has 0 aromatic carbocycles. The predicted octanol–water partition coefficient (Wildman–Crippen LogP) is 4.37. The minimum absolute atomic E-state index is 0. The Morgan fingerprint density at radius 3 is 0.967 bits per heavy atom. The van der Waals surface area contributed by atoms with Crippen LogP contribution in [0.15, 0.2) is 0 Å². The number of hydrogen-bond acceptors (Lipinski definition) is 5. The molecule has 0 aromatic rings. The molecule has 0 saturated carbocycles. The van der Waals surface area contributed by atoms with E-state index in [9.17, 15) is 0 Å². The maximum atomic E-state index is 8.89. The number of nitrogens with one attached hydrogen (secondary N) is 1. The monoisotopic (exact) mass is 521 g/mol. The molecule has 184 valence electrons. The van der Waals surface area contributed by atoms with Gasteiger partial charge in [0.1, 0.15) is 0 Å². The predicted molar refractivity (Wildman–Crippen MR) is 119 cm³/mol. The second kappa shape index (κ2) is 36.0. The molecule has 0 amide bonds. The molecule has 0 unspecified atom stereocenters. The minimum Gasteiger partial charge on any atom is -0.550 e. The molecule has 0 aliphatic heterocycles. The van der Waals surface area contributed by atoms with Crippen LogP contribution in [-0.2, 0) is 30.0 Å². The summed E-state index contributed by atoms with van der Waals surface area (Å²) in [5, 5.41) is 21.4. The van der Waals surface area contributed by atoms with Gasteiger partial charge in [0.05, 0.1) is 0 Å². The number of carbonyl (C=O) groups excluding carboxylic acids is 2. The largest absolute Gasteiger partial charge is 2.00 e. The Morgan fingerprint density at radius 1 is 0.533 bits per heavy atom. The zero-order valence-corrected chi connectivity index (χ0v) is 21.7. The Morgan fingerprint density at radius 2 is 0.733 bits per heavy atom. The van der Waals surface area contributed by atoms with E-state index < -0.39 is 11.9 Å². The number of carbonyl (C=O) groups is 2. The molecule has 0 aliphatic carbocycles. The summed E-state index contributed by atoms with van der Waals surface area (Å²) in [6.07, 6.45) is 22.8. The first-order chi connectivity index (χ1) is 13.9. The van der Waals surface area contributed by atoms with Crippen molar-refractivity contribution in [2.45, 2.75) is 130 Å². The van der Waals surface area contributed by atoms with Crippen LogP contribution in [0.2, 0.25) is 0 Å². The zero-order chi connectivity index (χ0) is 22.6. The number of carboxylic acids is 2. The molecule has 0 fully saturated rings. The van der Waals surface area contributed by atoms with Crippen LogP contribution in [0.4, 0.5) is 0 Å². The molecule has 6 heteroatoms. The third-order valence-electron chi connectivity index (χ3n) is 4.41. The molecule has 0 atom stereocenters. The molecule has 0 saturated heterocycles. The van der Waals surface area contributed by atoms with Crippen molar-refractivity contribution in [3.8, 4) is 0 Å². The van der Waals surface area contributed by atoms with Gasteiger partial charge in [-0.3, -0.25) is 0 Å². The van der Waals surface area contributed by atoms with Crippen molar-refractivity contribution in [2.24, 2.45) is 0 Å². The van der Waals surface area contributed by atoms with E-state index in [1.165, 1.54) is 116 Å². The van der Waals surface area contributed by atoms with Crippen LogP contribution in [0.5, 0.6) is 0 Å². The van der Waals surface area contributed by atoms with Gasteiger partial charge in [-0.15, -0.1) is 0 Å². The van der Waals surface area contributed by atoms with Gasteiger partial charge in [0.25, 0.3) is 0 Å². The maximum Gasteiger partial charge on any atom is 2.00 e. The molecular formula is C24H49NO4Pd. The standard InChI is InChI=1S/C20H43N.2C2H4O2.Pd/c1-3-5-7-9-11-13-15-17-19-21-20-18-16-14-12-10-8-6-4-2;2*1-2(3)4;/h21H,3-20H2,1-2H3;2*1H3,(H,3,4);/q;;;+2/p-2. The van der Waals surface area contributed by atoms with Crippen LogP contribution in [-0.4, -0.2) is 25.0 Å². The summed E-state index contributed by atoms with van der Waals surface area (Å²) in [6, 6.07) is 0. The second-order valence-corrected chi connectivity index (χ2v) is 7.68. The van der Waals surface area contributed by atoms with Crippen LogP contribution >= 0.6 is 0 Å². The summed E-state index contributed by atoms with van der Waals surface area (Å²) in [5.41, 5.74) is 0. The molecule has 0 bridgehead atoms. The number of carboxylic acid groups (broad SMARTS) is 2. The third-order valence-corrected chi connectivity index (χ3v) is 4.41. The molecule has 0 aliphatic rings. The van der Waals surface area contributed by atoms with Gasteiger partial charge in [0, 0.05) is 11.9 Å². The van der Waals surface area contributed by atoms with E-state index in [1.807, 2.05) is 0 Å². The van der Waals surface area contributed by atoms with Crippen molar-refractivity contribution in [1.82, 2.24) is 5.32 Å². The Balaban J connectivity index is -0.000000319. The normalized spacial score (nSPS) is 9.47. The fourth-order valence-electron chi connectivity index (χ4n) is 2.89. The zero-order valence-electron chi connectivity index (χ0n) is 20.2. The second-order valence-electron chi connectivity index (χ2n) is 7.68. The van der Waals surface area contributed by atoms with Crippen LogP contribution in [0.1, 0.15) is 130 Å². The van der Waals surface area contributed by atoms with Crippen molar-refractivity contribution in [2.75, 3.05) is 13.1 Å². The van der Waals surface area contributed by atoms with Gasteiger partial charge in [-0.2, -0.15) is 0 Å². The van der Waals surface area contributed by atoms with Crippen LogP contribution < -0.4 is 15.5 Å². The molecule has 5 nitrogen and oxygen atoms in total. The summed E-state index contributed by atoms with van der Waals surface area (Å²) in [7, 11) is 0. The average Bonchev–Trinajstić information content (AvgIpc) is 2.63. The van der Waals surface area contributed by atoms with Gasteiger partial charge >= 0.3 is 20.4 Å². The first-order valence-electron chi connectivity index (χ1n) is 11.9. The number of aliphatic carboxylic acids is 2. The fraction of sp³-hybridized carbons (Fsp3) is 0.917. The SMILES string of the molecule is CC(=O)[O-].CC(=O)[O-].CCCCCCCCCCNCCCCCCCCCC.[Pd+2]. The van der Waals surface area contributed by atoms with E-state index >= 15 is 0 Å². The topological polar surface area (TPSA) is 92.3 Å². The number of rotatable bonds is 18.